The van der Waals surface area contributed by atoms with Crippen LogP contribution >= 0.6 is 0 Å². The quantitative estimate of drug-likeness (QED) is 0.751. The minimum Gasteiger partial charge on any atom is -0.481 e. The van der Waals surface area contributed by atoms with Crippen LogP contribution in [-0.2, 0) is 9.53 Å². The van der Waals surface area contributed by atoms with E-state index in [9.17, 15) is 18.0 Å². The van der Waals surface area contributed by atoms with Gasteiger partial charge in [0.05, 0.1) is 12.0 Å². The third-order valence-electron chi connectivity index (χ3n) is 3.23. The second kappa shape index (κ2) is 6.97. The van der Waals surface area contributed by atoms with Gasteiger partial charge in [-0.15, -0.1) is 0 Å². The number of alkyl halides is 3. The monoisotopic (exact) mass is 268 g/mol. The van der Waals surface area contributed by atoms with Crippen LogP contribution in [0, 0.1) is 5.92 Å². The van der Waals surface area contributed by atoms with Gasteiger partial charge in [0.15, 0.2) is 0 Å². The summed E-state index contributed by atoms with van der Waals surface area (Å²) in [6, 6.07) is 0. The van der Waals surface area contributed by atoms with Crippen LogP contribution in [0.25, 0.3) is 0 Å². The van der Waals surface area contributed by atoms with E-state index in [1.54, 1.807) is 0 Å². The zero-order valence-electron chi connectivity index (χ0n) is 10.2. The lowest BCUT2D eigenvalue weighted by atomic mass is 9.87. The van der Waals surface area contributed by atoms with E-state index in [2.05, 4.69) is 0 Å². The van der Waals surface area contributed by atoms with Gasteiger partial charge >= 0.3 is 12.1 Å². The van der Waals surface area contributed by atoms with E-state index in [0.717, 1.165) is 0 Å². The molecule has 0 aliphatic heterocycles. The molecule has 0 unspecified atom stereocenters. The number of carboxylic acids is 1. The van der Waals surface area contributed by atoms with Gasteiger partial charge in [-0.1, -0.05) is 0 Å². The molecule has 0 spiro atoms. The predicted octanol–water partition coefficient (Wildman–Crippen LogP) is 3.38. The molecule has 0 amide bonds. The molecule has 0 atom stereocenters. The fourth-order valence-corrected chi connectivity index (χ4v) is 2.15. The molecule has 0 radical (unpaired) electrons. The molecule has 6 heteroatoms. The second-order valence-electron chi connectivity index (χ2n) is 4.75. The first-order chi connectivity index (χ1) is 8.38. The third-order valence-corrected chi connectivity index (χ3v) is 3.23. The van der Waals surface area contributed by atoms with E-state index in [1.807, 2.05) is 0 Å². The maximum atomic E-state index is 11.9. The SMILES string of the molecule is O=C(O)C1CCC(OCCCCC(F)(F)F)CC1. The summed E-state index contributed by atoms with van der Waals surface area (Å²) >= 11 is 0. The van der Waals surface area contributed by atoms with Crippen molar-refractivity contribution in [2.45, 2.75) is 57.2 Å². The molecule has 1 aliphatic carbocycles. The fourth-order valence-electron chi connectivity index (χ4n) is 2.15. The third kappa shape index (κ3) is 6.23. The van der Waals surface area contributed by atoms with Crippen molar-refractivity contribution in [1.29, 1.82) is 0 Å². The Hall–Kier alpha value is -0.780. The van der Waals surface area contributed by atoms with Crippen molar-refractivity contribution in [3.8, 4) is 0 Å². The van der Waals surface area contributed by atoms with Crippen molar-refractivity contribution >= 4 is 5.97 Å². The molecule has 0 aromatic carbocycles. The number of halogens is 3. The first-order valence-electron chi connectivity index (χ1n) is 6.29. The lowest BCUT2D eigenvalue weighted by Gasteiger charge is -2.26. The van der Waals surface area contributed by atoms with Crippen LogP contribution in [0.5, 0.6) is 0 Å². The molecule has 0 bridgehead atoms. The molecule has 1 fully saturated rings. The predicted molar refractivity (Wildman–Crippen MR) is 59.2 cm³/mol. The minimum atomic E-state index is -4.08. The molecule has 1 saturated carbocycles. The van der Waals surface area contributed by atoms with Gasteiger partial charge < -0.3 is 9.84 Å². The van der Waals surface area contributed by atoms with Gasteiger partial charge in [0.25, 0.3) is 0 Å². The van der Waals surface area contributed by atoms with Gasteiger partial charge in [-0.25, -0.2) is 0 Å². The highest BCUT2D eigenvalue weighted by atomic mass is 19.4. The summed E-state index contributed by atoms with van der Waals surface area (Å²) in [4.78, 5) is 10.7. The smallest absolute Gasteiger partial charge is 0.389 e. The number of rotatable bonds is 6. The Morgan fingerprint density at radius 3 is 2.28 bits per heavy atom. The van der Waals surface area contributed by atoms with E-state index < -0.39 is 18.6 Å². The Morgan fingerprint density at radius 2 is 1.78 bits per heavy atom. The maximum Gasteiger partial charge on any atom is 0.389 e. The van der Waals surface area contributed by atoms with Gasteiger partial charge in [-0.05, 0) is 38.5 Å². The Kier molecular flexibility index (Phi) is 5.91. The Morgan fingerprint density at radius 1 is 1.17 bits per heavy atom. The van der Waals surface area contributed by atoms with Crippen LogP contribution in [-0.4, -0.2) is 30.0 Å². The molecule has 106 valence electrons. The average Bonchev–Trinajstić information content (AvgIpc) is 2.27. The molecule has 1 N–H and O–H groups in total. The number of aliphatic carboxylic acids is 1. The molecule has 18 heavy (non-hydrogen) atoms. The number of ether oxygens (including phenoxy) is 1. The van der Waals surface area contributed by atoms with Crippen molar-refractivity contribution in [2.75, 3.05) is 6.61 Å². The zero-order valence-corrected chi connectivity index (χ0v) is 10.2. The Balaban J connectivity index is 2.03. The highest BCUT2D eigenvalue weighted by Crippen LogP contribution is 2.27. The summed E-state index contributed by atoms with van der Waals surface area (Å²) in [7, 11) is 0. The van der Waals surface area contributed by atoms with Crippen LogP contribution < -0.4 is 0 Å². The number of unbranched alkanes of at least 4 members (excludes halogenated alkanes) is 1. The van der Waals surface area contributed by atoms with Gasteiger partial charge in [0.1, 0.15) is 0 Å². The van der Waals surface area contributed by atoms with E-state index in [0.29, 0.717) is 38.7 Å². The van der Waals surface area contributed by atoms with Gasteiger partial charge in [0, 0.05) is 13.0 Å². The fraction of sp³-hybridized carbons (Fsp3) is 0.917. The molecule has 1 rings (SSSR count). The van der Waals surface area contributed by atoms with Gasteiger partial charge in [0.2, 0.25) is 0 Å². The van der Waals surface area contributed by atoms with E-state index in [1.165, 1.54) is 0 Å². The second-order valence-corrected chi connectivity index (χ2v) is 4.75. The molecular formula is C12H19F3O3. The van der Waals surface area contributed by atoms with Gasteiger partial charge in [-0.2, -0.15) is 13.2 Å². The Bertz CT molecular complexity index is 258. The first-order valence-corrected chi connectivity index (χ1v) is 6.29. The lowest BCUT2D eigenvalue weighted by Crippen LogP contribution is -2.26. The largest absolute Gasteiger partial charge is 0.481 e. The van der Waals surface area contributed by atoms with E-state index in [-0.39, 0.29) is 18.4 Å². The Labute approximate surface area is 104 Å². The first kappa shape index (κ1) is 15.3. The van der Waals surface area contributed by atoms with Crippen molar-refractivity contribution < 1.29 is 27.8 Å². The molecule has 1 aliphatic rings. The highest BCUT2D eigenvalue weighted by Gasteiger charge is 2.27. The highest BCUT2D eigenvalue weighted by molar-refractivity contribution is 5.69. The van der Waals surface area contributed by atoms with Crippen LogP contribution in [0.3, 0.4) is 0 Å². The average molecular weight is 268 g/mol. The minimum absolute atomic E-state index is 0.0199. The summed E-state index contributed by atoms with van der Waals surface area (Å²) in [5, 5.41) is 8.80. The summed E-state index contributed by atoms with van der Waals surface area (Å²) in [6.07, 6.45) is -1.75. The van der Waals surface area contributed by atoms with Crippen molar-refractivity contribution in [2.24, 2.45) is 5.92 Å². The van der Waals surface area contributed by atoms with Crippen molar-refractivity contribution in [1.82, 2.24) is 0 Å². The summed E-state index contributed by atoms with van der Waals surface area (Å²) in [5.41, 5.74) is 0. The maximum absolute atomic E-state index is 11.9. The van der Waals surface area contributed by atoms with Crippen LogP contribution in [0.4, 0.5) is 13.2 Å². The summed E-state index contributed by atoms with van der Waals surface area (Å²) < 4.78 is 41.0. The number of hydrogen-bond acceptors (Lipinski definition) is 2. The molecule has 0 aromatic heterocycles. The number of hydrogen-bond donors (Lipinski definition) is 1. The molecule has 0 aromatic rings. The molecular weight excluding hydrogens is 249 g/mol. The van der Waals surface area contributed by atoms with Crippen molar-refractivity contribution in [3.05, 3.63) is 0 Å². The number of carboxylic acid groups (broad SMARTS) is 1. The normalized spacial score (nSPS) is 25.1. The number of carbonyl (C=O) groups is 1. The summed E-state index contributed by atoms with van der Waals surface area (Å²) in [5.74, 6) is -1.05. The zero-order chi connectivity index (χ0) is 13.6. The molecule has 0 heterocycles. The standard InChI is InChI=1S/C12H19F3O3/c13-12(14,15)7-1-2-8-18-10-5-3-9(4-6-10)11(16)17/h9-10H,1-8H2,(H,16,17). The van der Waals surface area contributed by atoms with Crippen molar-refractivity contribution in [3.63, 3.8) is 0 Å². The summed E-state index contributed by atoms with van der Waals surface area (Å²) in [6.45, 7) is 0.332. The van der Waals surface area contributed by atoms with Gasteiger partial charge in [-0.3, -0.25) is 4.79 Å². The lowest BCUT2D eigenvalue weighted by molar-refractivity contribution is -0.143. The van der Waals surface area contributed by atoms with E-state index >= 15 is 0 Å². The topological polar surface area (TPSA) is 46.5 Å². The van der Waals surface area contributed by atoms with E-state index in [4.69, 9.17) is 9.84 Å². The molecule has 0 saturated heterocycles. The van der Waals surface area contributed by atoms with Crippen LogP contribution in [0.15, 0.2) is 0 Å². The molecule has 3 nitrogen and oxygen atoms in total. The van der Waals surface area contributed by atoms with Crippen LogP contribution in [0.2, 0.25) is 0 Å². The van der Waals surface area contributed by atoms with Crippen LogP contribution in [0.1, 0.15) is 44.9 Å².